The van der Waals surface area contributed by atoms with Crippen LogP contribution in [0, 0.1) is 5.92 Å². The molecule has 0 fully saturated rings. The molecule has 1 radical (unpaired) electrons. The Bertz CT molecular complexity index is 106. The molecule has 1 atom stereocenters. The van der Waals surface area contributed by atoms with Gasteiger partial charge in [0.15, 0.2) is 0 Å². The number of carboxylic acid groups (broad SMARTS) is 1. The van der Waals surface area contributed by atoms with E-state index in [1.165, 1.54) is 0 Å². The molecule has 0 aromatic carbocycles. The van der Waals surface area contributed by atoms with E-state index in [1.807, 2.05) is 13.8 Å². The van der Waals surface area contributed by atoms with Crippen molar-refractivity contribution in [1.82, 2.24) is 0 Å². The molecule has 0 aliphatic carbocycles. The van der Waals surface area contributed by atoms with E-state index in [9.17, 15) is 4.79 Å². The Balaban J connectivity index is 0. The van der Waals surface area contributed by atoms with Gasteiger partial charge in [0, 0.05) is 1.43 Å². The minimum absolute atomic E-state index is 0. The fourth-order valence-corrected chi connectivity index (χ4v) is 0.609. The van der Waals surface area contributed by atoms with Gasteiger partial charge in [-0.25, -0.2) is 0 Å². The molecule has 0 aliphatic rings. The largest absolute Gasteiger partial charge is 0.480 e. The van der Waals surface area contributed by atoms with Gasteiger partial charge in [-0.1, -0.05) is 13.8 Å². The summed E-state index contributed by atoms with van der Waals surface area (Å²) < 4.78 is 0. The van der Waals surface area contributed by atoms with Crippen molar-refractivity contribution in [2.45, 2.75) is 26.3 Å². The lowest BCUT2D eigenvalue weighted by molar-refractivity contribution is -0.138. The van der Waals surface area contributed by atoms with Crippen LogP contribution in [0.15, 0.2) is 0 Å². The zero-order valence-corrected chi connectivity index (χ0v) is 5.79. The minimum atomic E-state index is -0.913. The summed E-state index contributed by atoms with van der Waals surface area (Å²) in [6, 6.07) is -0.690. The second-order valence-corrected chi connectivity index (χ2v) is 2.57. The molecule has 0 unspecified atom stereocenters. The first-order valence-electron chi connectivity index (χ1n) is 3.02. The summed E-state index contributed by atoms with van der Waals surface area (Å²) in [5, 5.41) is 8.31. The number of aliphatic carboxylic acids is 1. The Hall–Kier alpha value is -0.570. The lowest BCUT2D eigenvalue weighted by atomic mass is 10.1. The Labute approximate surface area is 56.3 Å². The number of rotatable bonds is 3. The van der Waals surface area contributed by atoms with Gasteiger partial charge in [0.1, 0.15) is 6.04 Å². The molecule has 0 bridgehead atoms. The van der Waals surface area contributed by atoms with Crippen molar-refractivity contribution in [3.63, 3.8) is 0 Å². The molecule has 0 rings (SSSR count). The quantitative estimate of drug-likeness (QED) is 0.589. The normalized spacial score (nSPS) is 13.8. The van der Waals surface area contributed by atoms with Gasteiger partial charge in [0.25, 0.3) is 0 Å². The smallest absolute Gasteiger partial charge is 0.320 e. The van der Waals surface area contributed by atoms with Gasteiger partial charge >= 0.3 is 5.97 Å². The van der Waals surface area contributed by atoms with Crippen LogP contribution >= 0.6 is 0 Å². The lowest BCUT2D eigenvalue weighted by Crippen LogP contribution is -2.31. The van der Waals surface area contributed by atoms with Crippen LogP contribution in [-0.2, 0) is 4.79 Å². The molecule has 55 valence electrons. The van der Waals surface area contributed by atoms with Gasteiger partial charge in [-0.2, -0.15) is 0 Å². The number of hydrogen-bond donors (Lipinski definition) is 2. The van der Waals surface area contributed by atoms with Crippen molar-refractivity contribution in [2.75, 3.05) is 0 Å². The van der Waals surface area contributed by atoms with E-state index in [0.29, 0.717) is 12.3 Å². The SMILES string of the molecule is CC(C)C[C@H](N)C(=O)O.[H]. The minimum Gasteiger partial charge on any atom is -0.480 e. The molecule has 9 heavy (non-hydrogen) atoms. The number of carboxylic acids is 1. The maximum Gasteiger partial charge on any atom is 0.320 e. The van der Waals surface area contributed by atoms with Crippen molar-refractivity contribution in [3.05, 3.63) is 0 Å². The summed E-state index contributed by atoms with van der Waals surface area (Å²) in [6.07, 6.45) is 0.551. The summed E-state index contributed by atoms with van der Waals surface area (Å²) in [7, 11) is 0. The molecule has 0 spiro atoms. The molecule has 3 N–H and O–H groups in total. The Morgan fingerprint density at radius 1 is 1.78 bits per heavy atom. The highest BCUT2D eigenvalue weighted by Gasteiger charge is 2.11. The number of carbonyl (C=O) groups is 1. The van der Waals surface area contributed by atoms with Crippen molar-refractivity contribution in [2.24, 2.45) is 11.7 Å². The maximum atomic E-state index is 10.1. The van der Waals surface area contributed by atoms with Crippen LogP contribution in [-0.4, -0.2) is 17.1 Å². The molecule has 0 aromatic heterocycles. The van der Waals surface area contributed by atoms with E-state index >= 15 is 0 Å². The van der Waals surface area contributed by atoms with E-state index in [0.717, 1.165) is 0 Å². The standard InChI is InChI=1S/C6H13NO2.H/c1-4(2)3-5(7)6(8)9;/h4-5H,3,7H2,1-2H3,(H,8,9);/t5-;/m0./s1. The molecule has 0 heterocycles. The Kier molecular flexibility index (Phi) is 3.24. The van der Waals surface area contributed by atoms with E-state index < -0.39 is 12.0 Å². The van der Waals surface area contributed by atoms with E-state index in [2.05, 4.69) is 0 Å². The zero-order valence-electron chi connectivity index (χ0n) is 6.79. The first-order valence-corrected chi connectivity index (χ1v) is 3.02. The third-order valence-corrected chi connectivity index (χ3v) is 1.04. The molecule has 0 aromatic rings. The van der Waals surface area contributed by atoms with Crippen LogP contribution in [0.4, 0.5) is 0 Å². The first-order chi connectivity index (χ1) is 4.04. The van der Waals surface area contributed by atoms with Gasteiger partial charge in [-0.05, 0) is 12.3 Å². The molecule has 0 amide bonds. The van der Waals surface area contributed by atoms with Gasteiger partial charge in [0.05, 0.1) is 0 Å². The van der Waals surface area contributed by atoms with Crippen molar-refractivity contribution in [1.29, 1.82) is 0 Å². The molecular weight excluding hydrogens is 118 g/mol. The Morgan fingerprint density at radius 3 is 2.33 bits per heavy atom. The molecule has 0 saturated carbocycles. The molecular formula is C6H14NO2. The average molecular weight is 132 g/mol. The predicted octanol–water partition coefficient (Wildman–Crippen LogP) is 0.557. The van der Waals surface area contributed by atoms with Gasteiger partial charge in [0.2, 0.25) is 0 Å². The van der Waals surface area contributed by atoms with E-state index in [4.69, 9.17) is 10.8 Å². The molecule has 3 nitrogen and oxygen atoms in total. The van der Waals surface area contributed by atoms with E-state index in [1.54, 1.807) is 0 Å². The summed E-state index contributed by atoms with van der Waals surface area (Å²) in [5.74, 6) is -0.556. The average Bonchev–Trinajstić information content (AvgIpc) is 1.63. The van der Waals surface area contributed by atoms with Gasteiger partial charge in [-0.15, -0.1) is 0 Å². The predicted molar refractivity (Wildman–Crippen MR) is 36.2 cm³/mol. The van der Waals surface area contributed by atoms with Crippen LogP contribution in [0.3, 0.4) is 0 Å². The first kappa shape index (κ1) is 8.43. The van der Waals surface area contributed by atoms with Crippen molar-refractivity contribution < 1.29 is 11.3 Å². The highest BCUT2D eigenvalue weighted by atomic mass is 16.4. The molecule has 0 aliphatic heterocycles. The van der Waals surface area contributed by atoms with E-state index in [-0.39, 0.29) is 1.43 Å². The number of hydrogen-bond acceptors (Lipinski definition) is 2. The zero-order chi connectivity index (χ0) is 7.44. The fourth-order valence-electron chi connectivity index (χ4n) is 0.609. The van der Waals surface area contributed by atoms with Crippen LogP contribution in [0.5, 0.6) is 0 Å². The summed E-state index contributed by atoms with van der Waals surface area (Å²) in [6.45, 7) is 3.89. The van der Waals surface area contributed by atoms with Crippen LogP contribution in [0.2, 0.25) is 0 Å². The Morgan fingerprint density at radius 2 is 2.22 bits per heavy atom. The van der Waals surface area contributed by atoms with Crippen molar-refractivity contribution >= 4 is 5.97 Å². The second-order valence-electron chi connectivity index (χ2n) is 2.57. The van der Waals surface area contributed by atoms with Crippen LogP contribution < -0.4 is 5.73 Å². The number of nitrogens with two attached hydrogens (primary N) is 1. The molecule has 3 heteroatoms. The lowest BCUT2D eigenvalue weighted by Gasteiger charge is -2.07. The second kappa shape index (κ2) is 3.45. The van der Waals surface area contributed by atoms with Gasteiger partial charge < -0.3 is 10.8 Å². The van der Waals surface area contributed by atoms with Crippen LogP contribution in [0.1, 0.15) is 21.7 Å². The third-order valence-electron chi connectivity index (χ3n) is 1.04. The maximum absolute atomic E-state index is 10.1. The summed E-state index contributed by atoms with van der Waals surface area (Å²) in [5.41, 5.74) is 5.22. The summed E-state index contributed by atoms with van der Waals surface area (Å²) in [4.78, 5) is 10.1. The summed E-state index contributed by atoms with van der Waals surface area (Å²) >= 11 is 0. The van der Waals surface area contributed by atoms with Crippen LogP contribution in [0.25, 0.3) is 0 Å². The van der Waals surface area contributed by atoms with Crippen molar-refractivity contribution in [3.8, 4) is 0 Å². The van der Waals surface area contributed by atoms with Gasteiger partial charge in [-0.3, -0.25) is 4.79 Å². The topological polar surface area (TPSA) is 63.3 Å². The highest BCUT2D eigenvalue weighted by molar-refractivity contribution is 5.72. The monoisotopic (exact) mass is 132 g/mol. The highest BCUT2D eigenvalue weighted by Crippen LogP contribution is 2.01. The molecule has 0 saturated heterocycles. The third kappa shape index (κ3) is 3.97. The fraction of sp³-hybridized carbons (Fsp3) is 0.833.